The molecule has 1 aliphatic rings. The highest BCUT2D eigenvalue weighted by atomic mass is 32.1. The normalized spacial score (nSPS) is 21.8. The third-order valence-electron chi connectivity index (χ3n) is 3.94. The van der Waals surface area contributed by atoms with Crippen molar-refractivity contribution >= 4 is 17.2 Å². The number of nitrogens with zero attached hydrogens (tertiary/aromatic N) is 4. The molecule has 116 valence electrons. The predicted molar refractivity (Wildman–Crippen MR) is 83.2 cm³/mol. The molecule has 0 aromatic carbocycles. The number of aliphatic hydroxyl groups is 1. The third-order valence-corrected chi connectivity index (χ3v) is 4.85. The first kappa shape index (κ1) is 15.1. The zero-order chi connectivity index (χ0) is 15.5. The van der Waals surface area contributed by atoms with Crippen molar-refractivity contribution in [1.29, 1.82) is 0 Å². The van der Waals surface area contributed by atoms with Crippen LogP contribution in [0.15, 0.2) is 24.0 Å². The Bertz CT molecular complexity index is 646. The lowest BCUT2D eigenvalue weighted by Crippen LogP contribution is -2.46. The first-order valence-corrected chi connectivity index (χ1v) is 8.18. The van der Waals surface area contributed by atoms with Gasteiger partial charge in [-0.15, -0.1) is 11.3 Å². The Balaban J connectivity index is 1.64. The van der Waals surface area contributed by atoms with Crippen LogP contribution in [0.1, 0.15) is 19.0 Å². The first-order valence-electron chi connectivity index (χ1n) is 7.30. The highest BCUT2D eigenvalue weighted by molar-refractivity contribution is 7.13. The molecule has 6 nitrogen and oxygen atoms in total. The molecule has 2 aromatic rings. The number of rotatable bonds is 3. The lowest BCUT2D eigenvalue weighted by Gasteiger charge is -2.34. The number of likely N-dealkylation sites (tertiary alicyclic amines) is 1. The maximum atomic E-state index is 12.3. The van der Waals surface area contributed by atoms with Crippen LogP contribution in [0.5, 0.6) is 0 Å². The number of thiazole rings is 1. The van der Waals surface area contributed by atoms with E-state index in [9.17, 15) is 9.90 Å². The van der Waals surface area contributed by atoms with Gasteiger partial charge in [0.05, 0.1) is 24.4 Å². The van der Waals surface area contributed by atoms with E-state index >= 15 is 0 Å². The number of aromatic nitrogens is 3. The number of hydrogen-bond donors (Lipinski definition) is 1. The molecule has 1 saturated heterocycles. The van der Waals surface area contributed by atoms with Gasteiger partial charge in [0.2, 0.25) is 5.91 Å². The molecular weight excluding hydrogens is 300 g/mol. The van der Waals surface area contributed by atoms with Crippen LogP contribution in [0, 0.1) is 5.92 Å². The van der Waals surface area contributed by atoms with Gasteiger partial charge in [0.1, 0.15) is 10.7 Å². The van der Waals surface area contributed by atoms with Gasteiger partial charge in [-0.05, 0) is 12.3 Å². The van der Waals surface area contributed by atoms with Gasteiger partial charge < -0.3 is 10.0 Å². The van der Waals surface area contributed by atoms with Gasteiger partial charge in [-0.3, -0.25) is 14.8 Å². The number of carbonyl (C=O) groups excluding carboxylic acids is 1. The largest absolute Gasteiger partial charge is 0.391 e. The van der Waals surface area contributed by atoms with Crippen molar-refractivity contribution < 1.29 is 9.90 Å². The van der Waals surface area contributed by atoms with Gasteiger partial charge in [-0.2, -0.15) is 0 Å². The van der Waals surface area contributed by atoms with Crippen LogP contribution in [-0.2, 0) is 11.2 Å². The summed E-state index contributed by atoms with van der Waals surface area (Å²) in [4.78, 5) is 26.7. The van der Waals surface area contributed by atoms with Crippen LogP contribution >= 0.6 is 11.3 Å². The van der Waals surface area contributed by atoms with E-state index in [0.29, 0.717) is 18.8 Å². The van der Waals surface area contributed by atoms with E-state index in [-0.39, 0.29) is 18.2 Å². The van der Waals surface area contributed by atoms with Gasteiger partial charge in [0, 0.05) is 30.9 Å². The van der Waals surface area contributed by atoms with E-state index in [1.54, 1.807) is 23.5 Å². The number of carbonyl (C=O) groups is 1. The number of hydrogen-bond acceptors (Lipinski definition) is 6. The van der Waals surface area contributed by atoms with Gasteiger partial charge in [0.15, 0.2) is 0 Å². The number of piperidine rings is 1. The molecule has 3 heterocycles. The van der Waals surface area contributed by atoms with Crippen molar-refractivity contribution in [3.8, 4) is 10.7 Å². The second kappa shape index (κ2) is 6.50. The first-order chi connectivity index (χ1) is 10.6. The standard InChI is InChI=1S/C15H18N4O2S/c1-10-2-5-19(8-13(10)20)14(21)6-11-9-22-15(18-11)12-7-16-3-4-17-12/h3-4,7,9-10,13,20H,2,5-6,8H2,1H3. The molecule has 0 bridgehead atoms. The number of amides is 1. The Morgan fingerprint density at radius 1 is 1.50 bits per heavy atom. The molecule has 3 rings (SSSR count). The molecule has 7 heteroatoms. The molecule has 1 N–H and O–H groups in total. The molecule has 1 aliphatic heterocycles. The zero-order valence-electron chi connectivity index (χ0n) is 12.3. The highest BCUT2D eigenvalue weighted by Gasteiger charge is 2.27. The topological polar surface area (TPSA) is 79.2 Å². The van der Waals surface area contributed by atoms with E-state index in [1.165, 1.54) is 11.3 Å². The van der Waals surface area contributed by atoms with Gasteiger partial charge in [-0.25, -0.2) is 4.98 Å². The quantitative estimate of drug-likeness (QED) is 0.924. The van der Waals surface area contributed by atoms with Crippen LogP contribution in [0.2, 0.25) is 0 Å². The molecule has 22 heavy (non-hydrogen) atoms. The van der Waals surface area contributed by atoms with Gasteiger partial charge in [-0.1, -0.05) is 6.92 Å². The van der Waals surface area contributed by atoms with E-state index in [4.69, 9.17) is 0 Å². The molecule has 0 aliphatic carbocycles. The van der Waals surface area contributed by atoms with E-state index in [0.717, 1.165) is 17.1 Å². The van der Waals surface area contributed by atoms with E-state index in [2.05, 4.69) is 15.0 Å². The Kier molecular flexibility index (Phi) is 4.44. The average Bonchev–Trinajstić information content (AvgIpc) is 2.99. The Labute approximate surface area is 132 Å². The molecule has 2 aromatic heterocycles. The monoisotopic (exact) mass is 318 g/mol. The van der Waals surface area contributed by atoms with Crippen molar-refractivity contribution in [3.05, 3.63) is 29.7 Å². The second-order valence-electron chi connectivity index (χ2n) is 5.58. The lowest BCUT2D eigenvalue weighted by atomic mass is 9.96. The fourth-order valence-corrected chi connectivity index (χ4v) is 3.24. The van der Waals surface area contributed by atoms with Crippen LogP contribution in [0.4, 0.5) is 0 Å². The second-order valence-corrected chi connectivity index (χ2v) is 6.44. The summed E-state index contributed by atoms with van der Waals surface area (Å²) in [6.07, 6.45) is 5.57. The maximum absolute atomic E-state index is 12.3. The lowest BCUT2D eigenvalue weighted by molar-refractivity contribution is -0.134. The highest BCUT2D eigenvalue weighted by Crippen LogP contribution is 2.22. The Morgan fingerprint density at radius 2 is 2.36 bits per heavy atom. The fourth-order valence-electron chi connectivity index (χ4n) is 2.46. The van der Waals surface area contributed by atoms with E-state index in [1.807, 2.05) is 12.3 Å². The predicted octanol–water partition coefficient (Wildman–Crippen LogP) is 1.37. The molecule has 0 spiro atoms. The molecule has 2 unspecified atom stereocenters. The molecular formula is C15H18N4O2S. The number of β-amino-alcohol motifs (C(OH)–C–C–N with tert-alkyl or cyclic N) is 1. The molecule has 2 atom stereocenters. The van der Waals surface area contributed by atoms with Crippen molar-refractivity contribution in [3.63, 3.8) is 0 Å². The summed E-state index contributed by atoms with van der Waals surface area (Å²) in [5, 5.41) is 12.5. The fraction of sp³-hybridized carbons (Fsp3) is 0.467. The minimum atomic E-state index is -0.428. The molecule has 1 fully saturated rings. The van der Waals surface area contributed by atoms with Crippen LogP contribution in [-0.4, -0.2) is 50.1 Å². The van der Waals surface area contributed by atoms with Crippen molar-refractivity contribution in [2.45, 2.75) is 25.9 Å². The van der Waals surface area contributed by atoms with Crippen molar-refractivity contribution in [1.82, 2.24) is 19.9 Å². The minimum absolute atomic E-state index is 0.0157. The van der Waals surface area contributed by atoms with E-state index < -0.39 is 6.10 Å². The average molecular weight is 318 g/mol. The summed E-state index contributed by atoms with van der Waals surface area (Å²) < 4.78 is 0. The summed E-state index contributed by atoms with van der Waals surface area (Å²) in [6, 6.07) is 0. The van der Waals surface area contributed by atoms with Crippen LogP contribution in [0.3, 0.4) is 0 Å². The minimum Gasteiger partial charge on any atom is -0.391 e. The summed E-state index contributed by atoms with van der Waals surface area (Å²) in [5.41, 5.74) is 1.46. The molecule has 0 radical (unpaired) electrons. The number of aliphatic hydroxyl groups excluding tert-OH is 1. The zero-order valence-corrected chi connectivity index (χ0v) is 13.2. The summed E-state index contributed by atoms with van der Waals surface area (Å²) in [7, 11) is 0. The SMILES string of the molecule is CC1CCN(C(=O)Cc2csc(-c3cnccn3)n2)CC1O. The smallest absolute Gasteiger partial charge is 0.228 e. The summed E-state index contributed by atoms with van der Waals surface area (Å²) in [5.74, 6) is 0.272. The Hall–Kier alpha value is -1.86. The van der Waals surface area contributed by atoms with Crippen molar-refractivity contribution in [2.75, 3.05) is 13.1 Å². The van der Waals surface area contributed by atoms with Crippen molar-refractivity contribution in [2.24, 2.45) is 5.92 Å². The van der Waals surface area contributed by atoms with Gasteiger partial charge >= 0.3 is 0 Å². The van der Waals surface area contributed by atoms with Crippen LogP contribution in [0.25, 0.3) is 10.7 Å². The maximum Gasteiger partial charge on any atom is 0.228 e. The van der Waals surface area contributed by atoms with Crippen LogP contribution < -0.4 is 0 Å². The third kappa shape index (κ3) is 3.31. The molecule has 0 saturated carbocycles. The Morgan fingerprint density at radius 3 is 3.09 bits per heavy atom. The summed E-state index contributed by atoms with van der Waals surface area (Å²) in [6.45, 7) is 3.14. The summed E-state index contributed by atoms with van der Waals surface area (Å²) >= 11 is 1.46. The molecule has 1 amide bonds. The van der Waals surface area contributed by atoms with Gasteiger partial charge in [0.25, 0.3) is 0 Å².